The Labute approximate surface area is 186 Å². The molecular formula is C22H16N6OS2. The van der Waals surface area contributed by atoms with Crippen molar-refractivity contribution in [2.45, 2.75) is 5.16 Å². The first-order chi connectivity index (χ1) is 15.3. The average Bonchev–Trinajstić information content (AvgIpc) is 3.47. The maximum Gasteiger partial charge on any atom is 0.236 e. The first-order valence-corrected chi connectivity index (χ1v) is 11.3. The Balaban J connectivity index is 1.28. The highest BCUT2D eigenvalue weighted by molar-refractivity contribution is 7.99. The zero-order chi connectivity index (χ0) is 21.0. The molecule has 0 radical (unpaired) electrons. The van der Waals surface area contributed by atoms with Gasteiger partial charge in [0.2, 0.25) is 11.1 Å². The Kier molecular flexibility index (Phi) is 5.42. The molecule has 1 N–H and O–H groups in total. The summed E-state index contributed by atoms with van der Waals surface area (Å²) in [6.07, 6.45) is 0. The summed E-state index contributed by atoms with van der Waals surface area (Å²) in [7, 11) is 0. The van der Waals surface area contributed by atoms with Gasteiger partial charge in [0.1, 0.15) is 0 Å². The van der Waals surface area contributed by atoms with E-state index in [-0.39, 0.29) is 11.7 Å². The number of aromatic nitrogens is 5. The number of fused-ring (bicyclic) bond motifs is 1. The van der Waals surface area contributed by atoms with Gasteiger partial charge >= 0.3 is 0 Å². The zero-order valence-electron chi connectivity index (χ0n) is 16.2. The monoisotopic (exact) mass is 444 g/mol. The second kappa shape index (κ2) is 8.66. The minimum atomic E-state index is -0.161. The lowest BCUT2D eigenvalue weighted by Crippen LogP contribution is -2.14. The number of hydrogen-bond acceptors (Lipinski definition) is 7. The highest BCUT2D eigenvalue weighted by Crippen LogP contribution is 2.27. The number of tetrazole rings is 1. The molecule has 0 fully saturated rings. The number of thiazole rings is 1. The van der Waals surface area contributed by atoms with E-state index in [9.17, 15) is 4.79 Å². The molecule has 3 aromatic carbocycles. The quantitative estimate of drug-likeness (QED) is 0.383. The predicted octanol–water partition coefficient (Wildman–Crippen LogP) is 4.67. The van der Waals surface area contributed by atoms with E-state index in [1.54, 1.807) is 4.68 Å². The summed E-state index contributed by atoms with van der Waals surface area (Å²) in [5.41, 5.74) is 2.73. The molecule has 9 heteroatoms. The summed E-state index contributed by atoms with van der Waals surface area (Å²) in [5, 5.41) is 20.1. The first-order valence-electron chi connectivity index (χ1n) is 9.48. The fourth-order valence-corrected chi connectivity index (χ4v) is 4.59. The Morgan fingerprint density at radius 3 is 2.71 bits per heavy atom. The van der Waals surface area contributed by atoms with Crippen molar-refractivity contribution in [3.8, 4) is 16.9 Å². The largest absolute Gasteiger partial charge is 0.301 e. The van der Waals surface area contributed by atoms with Crippen LogP contribution < -0.4 is 5.32 Å². The van der Waals surface area contributed by atoms with E-state index in [4.69, 9.17) is 0 Å². The fraction of sp³-hybridized carbons (Fsp3) is 0.0455. The predicted molar refractivity (Wildman–Crippen MR) is 124 cm³/mol. The minimum Gasteiger partial charge on any atom is -0.301 e. The van der Waals surface area contributed by atoms with Gasteiger partial charge < -0.3 is 5.32 Å². The second-order valence-electron chi connectivity index (χ2n) is 6.61. The molecule has 7 nitrogen and oxygen atoms in total. The van der Waals surface area contributed by atoms with Crippen LogP contribution in [0.5, 0.6) is 0 Å². The topological polar surface area (TPSA) is 85.6 Å². The zero-order valence-corrected chi connectivity index (χ0v) is 17.8. The fourth-order valence-electron chi connectivity index (χ4n) is 3.17. The van der Waals surface area contributed by atoms with Crippen LogP contribution in [0.3, 0.4) is 0 Å². The number of amides is 1. The number of anilines is 1. The first kappa shape index (κ1) is 19.4. The van der Waals surface area contributed by atoms with E-state index >= 15 is 0 Å². The standard InChI is InChI=1S/C22H16N6OS2/c29-20(24-21-23-18(13-30-21)16-8-2-1-3-9-16)14-31-22-25-26-27-28(22)19-12-6-10-15-7-4-5-11-17(15)19/h1-13H,14H2,(H,23,24,29). The number of carbonyl (C=O) groups excluding carboxylic acids is 1. The number of benzene rings is 3. The van der Waals surface area contributed by atoms with Crippen LogP contribution in [0.2, 0.25) is 0 Å². The van der Waals surface area contributed by atoms with Gasteiger partial charge in [-0.1, -0.05) is 78.5 Å². The van der Waals surface area contributed by atoms with E-state index in [2.05, 4.69) is 25.8 Å². The molecule has 31 heavy (non-hydrogen) atoms. The van der Waals surface area contributed by atoms with Gasteiger partial charge in [0.15, 0.2) is 5.13 Å². The van der Waals surface area contributed by atoms with Crippen molar-refractivity contribution in [2.75, 3.05) is 11.1 Å². The van der Waals surface area contributed by atoms with Gasteiger partial charge in [-0.05, 0) is 21.9 Å². The number of hydrogen-bond donors (Lipinski definition) is 1. The highest BCUT2D eigenvalue weighted by atomic mass is 32.2. The summed E-state index contributed by atoms with van der Waals surface area (Å²) >= 11 is 2.68. The molecule has 0 aliphatic carbocycles. The molecule has 0 saturated carbocycles. The summed E-state index contributed by atoms with van der Waals surface area (Å²) in [6, 6.07) is 23.9. The maximum absolute atomic E-state index is 12.5. The molecule has 5 rings (SSSR count). The number of carbonyl (C=O) groups is 1. The molecule has 0 atom stereocenters. The van der Waals surface area contributed by atoms with Crippen molar-refractivity contribution < 1.29 is 4.79 Å². The van der Waals surface area contributed by atoms with Gasteiger partial charge in [-0.2, -0.15) is 4.68 Å². The minimum absolute atomic E-state index is 0.161. The SMILES string of the molecule is O=C(CSc1nnnn1-c1cccc2ccccc12)Nc1nc(-c2ccccc2)cs1. The van der Waals surface area contributed by atoms with Crippen molar-refractivity contribution in [2.24, 2.45) is 0 Å². The lowest BCUT2D eigenvalue weighted by atomic mass is 10.1. The molecular weight excluding hydrogens is 428 g/mol. The smallest absolute Gasteiger partial charge is 0.236 e. The molecule has 0 unspecified atom stereocenters. The molecule has 0 spiro atoms. The van der Waals surface area contributed by atoms with Crippen LogP contribution >= 0.6 is 23.1 Å². The maximum atomic E-state index is 12.5. The van der Waals surface area contributed by atoms with Gasteiger partial charge in [0.05, 0.1) is 17.1 Å². The van der Waals surface area contributed by atoms with Gasteiger partial charge in [-0.3, -0.25) is 4.79 Å². The third kappa shape index (κ3) is 4.18. The third-order valence-corrected chi connectivity index (χ3v) is 6.27. The summed E-state index contributed by atoms with van der Waals surface area (Å²) < 4.78 is 1.66. The number of nitrogens with zero attached hydrogens (tertiary/aromatic N) is 5. The van der Waals surface area contributed by atoms with E-state index in [0.717, 1.165) is 27.7 Å². The molecule has 2 heterocycles. The van der Waals surface area contributed by atoms with Gasteiger partial charge in [-0.15, -0.1) is 16.4 Å². The average molecular weight is 445 g/mol. The van der Waals surface area contributed by atoms with Gasteiger partial charge in [0.25, 0.3) is 0 Å². The Morgan fingerprint density at radius 2 is 1.81 bits per heavy atom. The normalized spacial score (nSPS) is 11.0. The van der Waals surface area contributed by atoms with Crippen molar-refractivity contribution in [1.82, 2.24) is 25.2 Å². The third-order valence-electron chi connectivity index (χ3n) is 4.59. The Morgan fingerprint density at radius 1 is 1.00 bits per heavy atom. The number of rotatable bonds is 6. The molecule has 0 aliphatic rings. The highest BCUT2D eigenvalue weighted by Gasteiger charge is 2.14. The summed E-state index contributed by atoms with van der Waals surface area (Å²) in [6.45, 7) is 0. The van der Waals surface area contributed by atoms with E-state index in [0.29, 0.717) is 10.3 Å². The molecule has 152 valence electrons. The van der Waals surface area contributed by atoms with Crippen LogP contribution in [-0.4, -0.2) is 36.9 Å². The van der Waals surface area contributed by atoms with Crippen molar-refractivity contribution in [3.63, 3.8) is 0 Å². The second-order valence-corrected chi connectivity index (χ2v) is 8.41. The van der Waals surface area contributed by atoms with E-state index in [1.165, 1.54) is 23.1 Å². The lowest BCUT2D eigenvalue weighted by Gasteiger charge is -2.08. The van der Waals surface area contributed by atoms with Gasteiger partial charge in [0, 0.05) is 16.3 Å². The van der Waals surface area contributed by atoms with Crippen LogP contribution in [0.25, 0.3) is 27.7 Å². The molecule has 0 bridgehead atoms. The van der Waals surface area contributed by atoms with E-state index < -0.39 is 0 Å². The van der Waals surface area contributed by atoms with Crippen molar-refractivity contribution in [1.29, 1.82) is 0 Å². The van der Waals surface area contributed by atoms with E-state index in [1.807, 2.05) is 78.2 Å². The van der Waals surface area contributed by atoms with Crippen LogP contribution in [0.15, 0.2) is 83.3 Å². The lowest BCUT2D eigenvalue weighted by molar-refractivity contribution is -0.113. The van der Waals surface area contributed by atoms with Gasteiger partial charge in [-0.25, -0.2) is 4.98 Å². The molecule has 5 aromatic rings. The van der Waals surface area contributed by atoms with Crippen LogP contribution in [0, 0.1) is 0 Å². The summed E-state index contributed by atoms with van der Waals surface area (Å²) in [4.78, 5) is 17.0. The van der Waals surface area contributed by atoms with Crippen molar-refractivity contribution in [3.05, 3.63) is 78.2 Å². The Bertz CT molecular complexity index is 1340. The molecule has 2 aromatic heterocycles. The molecule has 0 saturated heterocycles. The van der Waals surface area contributed by atoms with Crippen LogP contribution in [0.1, 0.15) is 0 Å². The Hall–Kier alpha value is -3.56. The summed E-state index contributed by atoms with van der Waals surface area (Å²) in [5.74, 6) is 0.0113. The number of nitrogens with one attached hydrogen (secondary N) is 1. The molecule has 0 aliphatic heterocycles. The van der Waals surface area contributed by atoms with Crippen LogP contribution in [0.4, 0.5) is 5.13 Å². The van der Waals surface area contributed by atoms with Crippen molar-refractivity contribution >= 4 is 44.9 Å². The molecule has 1 amide bonds. The van der Waals surface area contributed by atoms with Crippen LogP contribution in [-0.2, 0) is 4.79 Å². The number of thioether (sulfide) groups is 1.